The van der Waals surface area contributed by atoms with Gasteiger partial charge in [-0.1, -0.05) is 13.3 Å². The fourth-order valence-electron chi connectivity index (χ4n) is 4.07. The van der Waals surface area contributed by atoms with E-state index < -0.39 is 5.82 Å². The number of anilines is 1. The van der Waals surface area contributed by atoms with Crippen LogP contribution in [-0.4, -0.2) is 40.0 Å². The van der Waals surface area contributed by atoms with Crippen molar-refractivity contribution < 1.29 is 14.3 Å². The number of phenols is 1. The zero-order valence-corrected chi connectivity index (χ0v) is 18.1. The largest absolute Gasteiger partial charge is 0.508 e. The molecule has 0 amide bonds. The second-order valence-corrected chi connectivity index (χ2v) is 8.84. The fourth-order valence-corrected chi connectivity index (χ4v) is 4.91. The number of ketones is 1. The van der Waals surface area contributed by atoms with Crippen molar-refractivity contribution in [2.75, 3.05) is 18.0 Å². The van der Waals surface area contributed by atoms with E-state index in [1.807, 2.05) is 6.07 Å². The van der Waals surface area contributed by atoms with Crippen molar-refractivity contribution in [1.29, 1.82) is 0 Å². The van der Waals surface area contributed by atoms with Gasteiger partial charge in [-0.05, 0) is 36.6 Å². The monoisotopic (exact) mass is 440 g/mol. The lowest BCUT2D eigenvalue weighted by atomic mass is 9.91. The third-order valence-corrected chi connectivity index (χ3v) is 6.56. The molecule has 0 bridgehead atoms. The number of benzene rings is 1. The molecule has 3 heterocycles. The first kappa shape index (κ1) is 21.4. The first-order valence-corrected chi connectivity index (χ1v) is 11.2. The number of rotatable bonds is 6. The van der Waals surface area contributed by atoms with Gasteiger partial charge >= 0.3 is 0 Å². The van der Waals surface area contributed by atoms with E-state index in [2.05, 4.69) is 21.8 Å². The lowest BCUT2D eigenvalue weighted by molar-refractivity contribution is 0.0989. The molecular weight excluding hydrogens is 415 g/mol. The molecule has 1 aromatic carbocycles. The Labute approximate surface area is 184 Å². The van der Waals surface area contributed by atoms with Gasteiger partial charge < -0.3 is 15.7 Å². The van der Waals surface area contributed by atoms with E-state index in [-0.39, 0.29) is 35.3 Å². The van der Waals surface area contributed by atoms with Gasteiger partial charge in [0.15, 0.2) is 5.78 Å². The molecule has 1 saturated heterocycles. The second kappa shape index (κ2) is 9.11. The molecule has 31 heavy (non-hydrogen) atoms. The molecule has 3 N–H and O–H groups in total. The summed E-state index contributed by atoms with van der Waals surface area (Å²) in [5.74, 6) is -0.179. The Balaban J connectivity index is 1.55. The molecule has 1 fully saturated rings. The number of hydrogen-bond acceptors (Lipinski definition) is 7. The quantitative estimate of drug-likeness (QED) is 0.562. The first-order chi connectivity index (χ1) is 14.9. The molecule has 6 nitrogen and oxygen atoms in total. The van der Waals surface area contributed by atoms with Crippen molar-refractivity contribution in [2.45, 2.75) is 32.2 Å². The molecule has 4 rings (SSSR count). The number of nitrogens with two attached hydrogens (primary N) is 1. The average molecular weight is 441 g/mol. The zero-order valence-electron chi connectivity index (χ0n) is 17.3. The number of carbonyl (C=O) groups is 1. The number of aromatic nitrogens is 2. The van der Waals surface area contributed by atoms with Crippen LogP contribution in [0.1, 0.15) is 35.8 Å². The number of piperidine rings is 1. The van der Waals surface area contributed by atoms with Crippen molar-refractivity contribution in [3.63, 3.8) is 0 Å². The maximum Gasteiger partial charge on any atom is 0.186 e. The highest BCUT2D eigenvalue weighted by Gasteiger charge is 2.26. The Morgan fingerprint density at radius 1 is 1.35 bits per heavy atom. The fraction of sp³-hybridized carbons (Fsp3) is 0.348. The Morgan fingerprint density at radius 2 is 2.19 bits per heavy atom. The minimum absolute atomic E-state index is 0.0513. The van der Waals surface area contributed by atoms with E-state index in [0.717, 1.165) is 37.2 Å². The summed E-state index contributed by atoms with van der Waals surface area (Å²) in [4.78, 5) is 23.7. The van der Waals surface area contributed by atoms with Crippen LogP contribution in [-0.2, 0) is 6.42 Å². The van der Waals surface area contributed by atoms with Crippen LogP contribution in [0, 0.1) is 11.7 Å². The van der Waals surface area contributed by atoms with E-state index in [1.54, 1.807) is 17.8 Å². The van der Waals surface area contributed by atoms with Crippen molar-refractivity contribution in [3.05, 3.63) is 59.1 Å². The molecule has 162 valence electrons. The Hall–Kier alpha value is -2.84. The maximum absolute atomic E-state index is 14.1. The summed E-state index contributed by atoms with van der Waals surface area (Å²) in [6.45, 7) is 3.83. The summed E-state index contributed by atoms with van der Waals surface area (Å²) in [6, 6.07) is 5.81. The van der Waals surface area contributed by atoms with Crippen LogP contribution in [0.25, 0.3) is 10.6 Å². The first-order valence-electron chi connectivity index (χ1n) is 10.4. The third-order valence-electron chi connectivity index (χ3n) is 5.69. The number of thiazole rings is 1. The molecule has 0 spiro atoms. The van der Waals surface area contributed by atoms with Gasteiger partial charge in [0.05, 0.1) is 0 Å². The van der Waals surface area contributed by atoms with E-state index in [4.69, 9.17) is 5.73 Å². The van der Waals surface area contributed by atoms with Crippen LogP contribution in [0.5, 0.6) is 5.75 Å². The van der Waals surface area contributed by atoms with Crippen molar-refractivity contribution >= 4 is 22.8 Å². The number of hydrogen-bond donors (Lipinski definition) is 2. The summed E-state index contributed by atoms with van der Waals surface area (Å²) in [5.41, 5.74) is 8.53. The molecule has 0 aliphatic carbocycles. The number of nitrogens with zero attached hydrogens (tertiary/aromatic N) is 3. The number of pyridine rings is 1. The third kappa shape index (κ3) is 4.75. The lowest BCUT2D eigenvalue weighted by Gasteiger charge is -2.38. The average Bonchev–Trinajstić information content (AvgIpc) is 3.25. The molecule has 2 aromatic heterocycles. The summed E-state index contributed by atoms with van der Waals surface area (Å²) in [5, 5.41) is 11.6. The van der Waals surface area contributed by atoms with Crippen molar-refractivity contribution in [1.82, 2.24) is 9.97 Å². The van der Waals surface area contributed by atoms with Gasteiger partial charge in [0.1, 0.15) is 22.3 Å². The summed E-state index contributed by atoms with van der Waals surface area (Å²) < 4.78 is 14.1. The van der Waals surface area contributed by atoms with Crippen LogP contribution in [0.15, 0.2) is 42.0 Å². The van der Waals surface area contributed by atoms with Crippen LogP contribution < -0.4 is 10.6 Å². The van der Waals surface area contributed by atoms with Crippen LogP contribution in [0.3, 0.4) is 0 Å². The molecule has 0 unspecified atom stereocenters. The van der Waals surface area contributed by atoms with E-state index in [0.29, 0.717) is 10.9 Å². The predicted molar refractivity (Wildman–Crippen MR) is 120 cm³/mol. The normalized spacial score (nSPS) is 18.9. The Morgan fingerprint density at radius 3 is 3.00 bits per heavy atom. The highest BCUT2D eigenvalue weighted by Crippen LogP contribution is 2.31. The van der Waals surface area contributed by atoms with Gasteiger partial charge in [-0.15, -0.1) is 11.3 Å². The van der Waals surface area contributed by atoms with Gasteiger partial charge in [-0.2, -0.15) is 0 Å². The van der Waals surface area contributed by atoms with Crippen LogP contribution >= 0.6 is 11.3 Å². The summed E-state index contributed by atoms with van der Waals surface area (Å²) in [6.07, 6.45) is 5.68. The zero-order chi connectivity index (χ0) is 22.0. The highest BCUT2D eigenvalue weighted by molar-refractivity contribution is 7.13. The molecule has 1 aliphatic heterocycles. The van der Waals surface area contributed by atoms with E-state index in [9.17, 15) is 14.3 Å². The molecular formula is C23H25FN4O2S. The predicted octanol–water partition coefficient (Wildman–Crippen LogP) is 4.04. The smallest absolute Gasteiger partial charge is 0.186 e. The van der Waals surface area contributed by atoms with Gasteiger partial charge in [0, 0.05) is 60.1 Å². The van der Waals surface area contributed by atoms with E-state index >= 15 is 0 Å². The van der Waals surface area contributed by atoms with Gasteiger partial charge in [-0.3, -0.25) is 9.78 Å². The van der Waals surface area contributed by atoms with Gasteiger partial charge in [0.25, 0.3) is 0 Å². The number of Topliss-reactive ketones (excluding diaryl/α,β-unsaturated/α-hetero) is 1. The molecule has 0 radical (unpaired) electrons. The molecule has 3 aromatic rings. The lowest BCUT2D eigenvalue weighted by Crippen LogP contribution is -2.47. The minimum Gasteiger partial charge on any atom is -0.508 e. The summed E-state index contributed by atoms with van der Waals surface area (Å²) >= 11 is 1.17. The topological polar surface area (TPSA) is 92.3 Å². The molecule has 2 atom stereocenters. The minimum atomic E-state index is -0.493. The number of halogens is 1. The Bertz CT molecular complexity index is 1090. The second-order valence-electron chi connectivity index (χ2n) is 7.98. The molecule has 8 heteroatoms. The summed E-state index contributed by atoms with van der Waals surface area (Å²) in [7, 11) is 0. The van der Waals surface area contributed by atoms with Gasteiger partial charge in [0.2, 0.25) is 0 Å². The number of aromatic hydroxyl groups is 1. The van der Waals surface area contributed by atoms with Crippen LogP contribution in [0.4, 0.5) is 10.1 Å². The molecule has 1 aliphatic rings. The standard InChI is InChI=1S/C23H25FN4O2S/c1-2-14-7-16(25)12-28(11-14)21-5-6-26-10-15(21)8-22(30)20-13-31-23(27-20)18-9-17(29)3-4-19(18)24/h3-6,9-10,13-14,16,29H,2,7-8,11-12,25H2,1H3/t14-,16+/m1/s1. The number of phenolic OH excluding ortho intramolecular Hbond substituents is 1. The Kier molecular flexibility index (Phi) is 6.29. The molecule has 0 saturated carbocycles. The maximum atomic E-state index is 14.1. The highest BCUT2D eigenvalue weighted by atomic mass is 32.1. The van der Waals surface area contributed by atoms with Crippen molar-refractivity contribution in [3.8, 4) is 16.3 Å². The van der Waals surface area contributed by atoms with Gasteiger partial charge in [-0.25, -0.2) is 9.37 Å². The van der Waals surface area contributed by atoms with Crippen molar-refractivity contribution in [2.24, 2.45) is 11.7 Å². The van der Waals surface area contributed by atoms with E-state index in [1.165, 1.54) is 29.5 Å². The number of carbonyl (C=O) groups excluding carboxylic acids is 1. The van der Waals surface area contributed by atoms with Crippen LogP contribution in [0.2, 0.25) is 0 Å². The SMILES string of the molecule is CC[C@@H]1C[C@H](N)CN(c2ccncc2CC(=O)c2csc(-c3cc(O)ccc3F)n2)C1.